The van der Waals surface area contributed by atoms with Gasteiger partial charge in [0.2, 0.25) is 5.91 Å². The Balaban J connectivity index is 2.12. The first kappa shape index (κ1) is 10.3. The number of carbonyl (C=O) groups is 1. The molecule has 0 aromatic heterocycles. The zero-order valence-corrected chi connectivity index (χ0v) is 9.60. The highest BCUT2D eigenvalue weighted by atomic mass is 16.2. The molecule has 0 unspecified atom stereocenters. The van der Waals surface area contributed by atoms with Gasteiger partial charge >= 0.3 is 0 Å². The molecule has 0 N–H and O–H groups in total. The van der Waals surface area contributed by atoms with E-state index in [-0.39, 0.29) is 18.4 Å². The van der Waals surface area contributed by atoms with Gasteiger partial charge in [0.1, 0.15) is 6.54 Å². The predicted molar refractivity (Wildman–Crippen MR) is 64.5 cm³/mol. The van der Waals surface area contributed by atoms with Gasteiger partial charge in [-0.3, -0.25) is 9.69 Å². The first-order valence-electron chi connectivity index (χ1n) is 6.10. The summed E-state index contributed by atoms with van der Waals surface area (Å²) in [6.45, 7) is 0.166. The molecule has 3 rings (SSSR count). The summed E-state index contributed by atoms with van der Waals surface area (Å²) in [5.41, 5.74) is 2.20. The van der Waals surface area contributed by atoms with E-state index in [1.807, 2.05) is 18.2 Å². The Labute approximate surface area is 101 Å². The maximum Gasteiger partial charge on any atom is 0.231 e. The van der Waals surface area contributed by atoms with Crippen LogP contribution in [-0.4, -0.2) is 12.5 Å². The molecule has 0 radical (unpaired) electrons. The van der Waals surface area contributed by atoms with Crippen LogP contribution in [0.15, 0.2) is 24.3 Å². The highest BCUT2D eigenvalue weighted by Crippen LogP contribution is 2.47. The van der Waals surface area contributed by atoms with Gasteiger partial charge in [-0.05, 0) is 30.4 Å². The summed E-state index contributed by atoms with van der Waals surface area (Å²) in [7, 11) is 0. The molecule has 1 amide bonds. The Bertz CT molecular complexity index is 503. The minimum atomic E-state index is 0.109. The number of hydrogen-bond donors (Lipinski definition) is 0. The molecule has 3 nitrogen and oxygen atoms in total. The third-order valence-corrected chi connectivity index (χ3v) is 3.96. The first-order chi connectivity index (χ1) is 8.33. The molecule has 0 spiro atoms. The SMILES string of the molecule is N#CCN1C(=O)[C@@H]2CCC[C@@H]2c2ccccc21. The van der Waals surface area contributed by atoms with Gasteiger partial charge in [-0.15, -0.1) is 0 Å². The van der Waals surface area contributed by atoms with E-state index in [4.69, 9.17) is 5.26 Å². The number of nitriles is 1. The lowest BCUT2D eigenvalue weighted by molar-refractivity contribution is -0.122. The second-order valence-corrected chi connectivity index (χ2v) is 4.79. The fourth-order valence-corrected chi connectivity index (χ4v) is 3.23. The van der Waals surface area contributed by atoms with Crippen LogP contribution in [0.2, 0.25) is 0 Å². The lowest BCUT2D eigenvalue weighted by Gasteiger charge is -2.35. The molecular weight excluding hydrogens is 212 g/mol. The highest BCUT2D eigenvalue weighted by Gasteiger charge is 2.42. The lowest BCUT2D eigenvalue weighted by Crippen LogP contribution is -2.41. The van der Waals surface area contributed by atoms with E-state index in [1.165, 1.54) is 5.56 Å². The molecule has 1 aliphatic carbocycles. The summed E-state index contributed by atoms with van der Waals surface area (Å²) in [6, 6.07) is 10.1. The van der Waals surface area contributed by atoms with Crippen LogP contribution in [0.4, 0.5) is 5.69 Å². The van der Waals surface area contributed by atoms with Crippen molar-refractivity contribution >= 4 is 11.6 Å². The molecule has 0 saturated heterocycles. The summed E-state index contributed by atoms with van der Waals surface area (Å²) < 4.78 is 0. The molecule has 1 aromatic rings. The van der Waals surface area contributed by atoms with Gasteiger partial charge in [0.25, 0.3) is 0 Å². The van der Waals surface area contributed by atoms with Gasteiger partial charge in [-0.25, -0.2) is 0 Å². The van der Waals surface area contributed by atoms with Gasteiger partial charge < -0.3 is 0 Å². The van der Waals surface area contributed by atoms with Crippen molar-refractivity contribution in [1.29, 1.82) is 5.26 Å². The second-order valence-electron chi connectivity index (χ2n) is 4.79. The third kappa shape index (κ3) is 1.44. The Morgan fingerprint density at radius 2 is 2.06 bits per heavy atom. The average Bonchev–Trinajstić information content (AvgIpc) is 2.84. The molecule has 1 saturated carbocycles. The number of fused-ring (bicyclic) bond motifs is 3. The predicted octanol–water partition coefficient (Wildman–Crippen LogP) is 2.44. The maximum absolute atomic E-state index is 12.3. The average molecular weight is 226 g/mol. The summed E-state index contributed by atoms with van der Waals surface area (Å²) in [6.07, 6.45) is 3.20. The number of hydrogen-bond acceptors (Lipinski definition) is 2. The fourth-order valence-electron chi connectivity index (χ4n) is 3.23. The van der Waals surface area contributed by atoms with Crippen molar-refractivity contribution in [2.75, 3.05) is 11.4 Å². The Hall–Kier alpha value is -1.82. The molecule has 1 heterocycles. The van der Waals surface area contributed by atoms with Gasteiger partial charge in [0.05, 0.1) is 6.07 Å². The van der Waals surface area contributed by atoms with Crippen molar-refractivity contribution in [3.63, 3.8) is 0 Å². The number of amides is 1. The van der Waals surface area contributed by atoms with Gasteiger partial charge in [-0.2, -0.15) is 5.26 Å². The van der Waals surface area contributed by atoms with Crippen LogP contribution in [0.5, 0.6) is 0 Å². The lowest BCUT2D eigenvalue weighted by atomic mass is 9.83. The van der Waals surface area contributed by atoms with Crippen molar-refractivity contribution in [1.82, 2.24) is 0 Å². The standard InChI is InChI=1S/C14H14N2O/c15-8-9-16-13-7-2-1-4-11(13)10-5-3-6-12(10)14(16)17/h1-2,4,7,10,12H,3,5-6,9H2/t10-,12-/m1/s1. The Morgan fingerprint density at radius 1 is 1.29 bits per heavy atom. The van der Waals surface area contributed by atoms with Gasteiger partial charge in [0, 0.05) is 11.6 Å². The number of rotatable bonds is 1. The zero-order chi connectivity index (χ0) is 11.8. The number of anilines is 1. The molecular formula is C14H14N2O. The van der Waals surface area contributed by atoms with Crippen LogP contribution in [0.1, 0.15) is 30.7 Å². The van der Waals surface area contributed by atoms with E-state index in [1.54, 1.807) is 4.90 Å². The zero-order valence-electron chi connectivity index (χ0n) is 9.60. The second kappa shape index (κ2) is 3.89. The molecule has 1 aromatic carbocycles. The van der Waals surface area contributed by atoms with Crippen LogP contribution in [0.25, 0.3) is 0 Å². The van der Waals surface area contributed by atoms with Crippen molar-refractivity contribution in [2.45, 2.75) is 25.2 Å². The van der Waals surface area contributed by atoms with Crippen LogP contribution >= 0.6 is 0 Å². The van der Waals surface area contributed by atoms with Crippen molar-refractivity contribution in [2.24, 2.45) is 5.92 Å². The van der Waals surface area contributed by atoms with E-state index in [2.05, 4.69) is 12.1 Å². The normalized spacial score (nSPS) is 26.3. The third-order valence-electron chi connectivity index (χ3n) is 3.96. The van der Waals surface area contributed by atoms with Gasteiger partial charge in [0.15, 0.2) is 0 Å². The monoisotopic (exact) mass is 226 g/mol. The molecule has 2 aliphatic rings. The fraction of sp³-hybridized carbons (Fsp3) is 0.429. The quantitative estimate of drug-likeness (QED) is 0.690. The first-order valence-corrected chi connectivity index (χ1v) is 6.10. The molecule has 17 heavy (non-hydrogen) atoms. The van der Waals surface area contributed by atoms with E-state index >= 15 is 0 Å². The Kier molecular flexibility index (Phi) is 2.36. The largest absolute Gasteiger partial charge is 0.298 e. The molecule has 0 bridgehead atoms. The van der Waals surface area contributed by atoms with Gasteiger partial charge in [-0.1, -0.05) is 24.6 Å². The maximum atomic E-state index is 12.3. The number of nitrogens with zero attached hydrogens (tertiary/aromatic N) is 2. The van der Waals surface area contributed by atoms with E-state index in [0.29, 0.717) is 5.92 Å². The van der Waals surface area contributed by atoms with E-state index in [9.17, 15) is 4.79 Å². The van der Waals surface area contributed by atoms with Crippen molar-refractivity contribution in [3.05, 3.63) is 29.8 Å². The molecule has 2 atom stereocenters. The van der Waals surface area contributed by atoms with Crippen LogP contribution in [0, 0.1) is 17.2 Å². The van der Waals surface area contributed by atoms with E-state index < -0.39 is 0 Å². The minimum absolute atomic E-state index is 0.109. The molecule has 1 fully saturated rings. The summed E-state index contributed by atoms with van der Waals surface area (Å²) in [5, 5.41) is 8.86. The number of para-hydroxylation sites is 1. The van der Waals surface area contributed by atoms with E-state index in [0.717, 1.165) is 24.9 Å². The van der Waals surface area contributed by atoms with Crippen molar-refractivity contribution < 1.29 is 4.79 Å². The molecule has 1 aliphatic heterocycles. The minimum Gasteiger partial charge on any atom is -0.298 e. The smallest absolute Gasteiger partial charge is 0.231 e. The molecule has 3 heteroatoms. The summed E-state index contributed by atoms with van der Waals surface area (Å²) in [5.74, 6) is 0.639. The Morgan fingerprint density at radius 3 is 2.88 bits per heavy atom. The summed E-state index contributed by atoms with van der Waals surface area (Å²) >= 11 is 0. The van der Waals surface area contributed by atoms with Crippen LogP contribution in [0.3, 0.4) is 0 Å². The number of carbonyl (C=O) groups excluding carboxylic acids is 1. The molecule has 86 valence electrons. The summed E-state index contributed by atoms with van der Waals surface area (Å²) in [4.78, 5) is 14.0. The number of benzene rings is 1. The van der Waals surface area contributed by atoms with Crippen molar-refractivity contribution in [3.8, 4) is 6.07 Å². The van der Waals surface area contributed by atoms with Crippen LogP contribution < -0.4 is 4.90 Å². The highest BCUT2D eigenvalue weighted by molar-refractivity contribution is 5.99. The topological polar surface area (TPSA) is 44.1 Å². The van der Waals surface area contributed by atoms with Crippen LogP contribution in [-0.2, 0) is 4.79 Å².